The number of aryl methyl sites for hydroxylation is 2. The van der Waals surface area contributed by atoms with Gasteiger partial charge in [-0.15, -0.1) is 0 Å². The SMILES string of the molecule is Cc1cc(C(=O)NC(C)CCCO)c(C)o1. The van der Waals surface area contributed by atoms with Gasteiger partial charge in [-0.05, 0) is 39.7 Å². The highest BCUT2D eigenvalue weighted by molar-refractivity contribution is 5.95. The lowest BCUT2D eigenvalue weighted by atomic mass is 10.1. The molecule has 0 aliphatic carbocycles. The summed E-state index contributed by atoms with van der Waals surface area (Å²) in [6, 6.07) is 1.80. The van der Waals surface area contributed by atoms with Crippen molar-refractivity contribution in [3.63, 3.8) is 0 Å². The standard InChI is InChI=1S/C12H19NO3/c1-8(5-4-6-14)13-12(15)11-7-9(2)16-10(11)3/h7-8,14H,4-6H2,1-3H3,(H,13,15). The number of rotatable bonds is 5. The lowest BCUT2D eigenvalue weighted by Gasteiger charge is -2.12. The minimum Gasteiger partial charge on any atom is -0.466 e. The van der Waals surface area contributed by atoms with Crippen molar-refractivity contribution >= 4 is 5.91 Å². The van der Waals surface area contributed by atoms with E-state index in [4.69, 9.17) is 9.52 Å². The van der Waals surface area contributed by atoms with Gasteiger partial charge in [0.1, 0.15) is 11.5 Å². The number of hydrogen-bond donors (Lipinski definition) is 2. The number of carbonyl (C=O) groups is 1. The van der Waals surface area contributed by atoms with Crippen LogP contribution in [0.25, 0.3) is 0 Å². The monoisotopic (exact) mass is 225 g/mol. The second-order valence-corrected chi connectivity index (χ2v) is 4.07. The van der Waals surface area contributed by atoms with E-state index >= 15 is 0 Å². The maximum Gasteiger partial charge on any atom is 0.255 e. The molecule has 0 bridgehead atoms. The highest BCUT2D eigenvalue weighted by Crippen LogP contribution is 2.13. The molecule has 0 aromatic carbocycles. The first-order valence-corrected chi connectivity index (χ1v) is 5.53. The Kier molecular flexibility index (Phi) is 4.55. The first kappa shape index (κ1) is 12.8. The zero-order valence-electron chi connectivity index (χ0n) is 10.0. The van der Waals surface area contributed by atoms with Gasteiger partial charge in [-0.25, -0.2) is 0 Å². The molecule has 1 atom stereocenters. The molecule has 1 aromatic rings. The molecule has 0 saturated carbocycles. The van der Waals surface area contributed by atoms with Crippen molar-refractivity contribution in [3.8, 4) is 0 Å². The fourth-order valence-electron chi connectivity index (χ4n) is 1.63. The van der Waals surface area contributed by atoms with Gasteiger partial charge in [0.2, 0.25) is 0 Å². The Labute approximate surface area is 95.7 Å². The smallest absolute Gasteiger partial charge is 0.255 e. The van der Waals surface area contributed by atoms with Gasteiger partial charge in [-0.2, -0.15) is 0 Å². The zero-order valence-corrected chi connectivity index (χ0v) is 10.0. The summed E-state index contributed by atoms with van der Waals surface area (Å²) < 4.78 is 5.30. The molecule has 0 spiro atoms. The quantitative estimate of drug-likeness (QED) is 0.803. The summed E-state index contributed by atoms with van der Waals surface area (Å²) in [5.74, 6) is 1.27. The molecule has 1 rings (SSSR count). The Morgan fingerprint density at radius 1 is 1.56 bits per heavy atom. The van der Waals surface area contributed by atoms with Gasteiger partial charge in [0.05, 0.1) is 5.56 Å². The molecule has 16 heavy (non-hydrogen) atoms. The second kappa shape index (κ2) is 5.70. The summed E-state index contributed by atoms with van der Waals surface area (Å²) >= 11 is 0. The summed E-state index contributed by atoms with van der Waals surface area (Å²) in [5, 5.41) is 11.6. The van der Waals surface area contributed by atoms with Crippen molar-refractivity contribution in [1.82, 2.24) is 5.32 Å². The average molecular weight is 225 g/mol. The molecule has 1 heterocycles. The van der Waals surface area contributed by atoms with E-state index in [2.05, 4.69) is 5.32 Å². The number of amides is 1. The summed E-state index contributed by atoms with van der Waals surface area (Å²) in [7, 11) is 0. The predicted molar refractivity (Wildman–Crippen MR) is 61.4 cm³/mol. The third-order valence-electron chi connectivity index (χ3n) is 2.46. The molecule has 0 fully saturated rings. The minimum atomic E-state index is -0.111. The summed E-state index contributed by atoms with van der Waals surface area (Å²) in [4.78, 5) is 11.8. The van der Waals surface area contributed by atoms with Crippen LogP contribution in [0.15, 0.2) is 10.5 Å². The average Bonchev–Trinajstić information content (AvgIpc) is 2.54. The van der Waals surface area contributed by atoms with E-state index in [1.54, 1.807) is 13.0 Å². The van der Waals surface area contributed by atoms with Gasteiger partial charge in [0.15, 0.2) is 0 Å². The van der Waals surface area contributed by atoms with E-state index in [-0.39, 0.29) is 18.6 Å². The van der Waals surface area contributed by atoms with Gasteiger partial charge in [-0.1, -0.05) is 0 Å². The first-order chi connectivity index (χ1) is 7.54. The number of hydrogen-bond acceptors (Lipinski definition) is 3. The fraction of sp³-hybridized carbons (Fsp3) is 0.583. The molecule has 0 aliphatic heterocycles. The van der Waals surface area contributed by atoms with E-state index in [1.165, 1.54) is 0 Å². The van der Waals surface area contributed by atoms with Crippen molar-refractivity contribution in [1.29, 1.82) is 0 Å². The molecule has 0 aliphatic rings. The van der Waals surface area contributed by atoms with Crippen LogP contribution in [0, 0.1) is 13.8 Å². The van der Waals surface area contributed by atoms with E-state index in [9.17, 15) is 4.79 Å². The van der Waals surface area contributed by atoms with E-state index < -0.39 is 0 Å². The number of carbonyl (C=O) groups excluding carboxylic acids is 1. The van der Waals surface area contributed by atoms with Gasteiger partial charge in [-0.3, -0.25) is 4.79 Å². The molecular formula is C12H19NO3. The molecule has 1 aromatic heterocycles. The second-order valence-electron chi connectivity index (χ2n) is 4.07. The third kappa shape index (κ3) is 3.38. The maximum absolute atomic E-state index is 11.8. The summed E-state index contributed by atoms with van der Waals surface area (Å²) in [6.45, 7) is 5.68. The van der Waals surface area contributed by atoms with Crippen LogP contribution in [0.2, 0.25) is 0 Å². The highest BCUT2D eigenvalue weighted by Gasteiger charge is 2.15. The fourth-order valence-corrected chi connectivity index (χ4v) is 1.63. The molecule has 1 unspecified atom stereocenters. The maximum atomic E-state index is 11.8. The van der Waals surface area contributed by atoms with Crippen LogP contribution in [0.4, 0.5) is 0 Å². The van der Waals surface area contributed by atoms with Gasteiger partial charge < -0.3 is 14.8 Å². The van der Waals surface area contributed by atoms with Crippen LogP contribution in [0.3, 0.4) is 0 Å². The van der Waals surface area contributed by atoms with E-state index in [0.29, 0.717) is 17.7 Å². The van der Waals surface area contributed by atoms with Gasteiger partial charge in [0, 0.05) is 12.6 Å². The topological polar surface area (TPSA) is 62.5 Å². The lowest BCUT2D eigenvalue weighted by Crippen LogP contribution is -2.32. The summed E-state index contributed by atoms with van der Waals surface area (Å²) in [5.41, 5.74) is 0.591. The molecule has 0 radical (unpaired) electrons. The van der Waals surface area contributed by atoms with E-state index in [0.717, 1.165) is 12.2 Å². The Bertz CT molecular complexity index is 357. The van der Waals surface area contributed by atoms with Gasteiger partial charge in [0.25, 0.3) is 5.91 Å². The Balaban J connectivity index is 2.55. The zero-order chi connectivity index (χ0) is 12.1. The Hall–Kier alpha value is -1.29. The van der Waals surface area contributed by atoms with Crippen molar-refractivity contribution < 1.29 is 14.3 Å². The van der Waals surface area contributed by atoms with E-state index in [1.807, 2.05) is 13.8 Å². The number of aliphatic hydroxyl groups is 1. The highest BCUT2D eigenvalue weighted by atomic mass is 16.3. The normalized spacial score (nSPS) is 12.5. The minimum absolute atomic E-state index is 0.0641. The number of aliphatic hydroxyl groups excluding tert-OH is 1. The Morgan fingerprint density at radius 3 is 2.75 bits per heavy atom. The summed E-state index contributed by atoms with van der Waals surface area (Å²) in [6.07, 6.45) is 1.48. The van der Waals surface area contributed by atoms with Crippen LogP contribution in [-0.4, -0.2) is 23.7 Å². The molecule has 90 valence electrons. The third-order valence-corrected chi connectivity index (χ3v) is 2.46. The molecule has 4 heteroatoms. The van der Waals surface area contributed by atoms with Crippen LogP contribution < -0.4 is 5.32 Å². The van der Waals surface area contributed by atoms with Crippen LogP contribution >= 0.6 is 0 Å². The predicted octanol–water partition coefficient (Wildman–Crippen LogP) is 1.79. The lowest BCUT2D eigenvalue weighted by molar-refractivity contribution is 0.0935. The first-order valence-electron chi connectivity index (χ1n) is 5.53. The van der Waals surface area contributed by atoms with Crippen molar-refractivity contribution in [2.75, 3.05) is 6.61 Å². The van der Waals surface area contributed by atoms with Crippen LogP contribution in [-0.2, 0) is 0 Å². The van der Waals surface area contributed by atoms with Crippen molar-refractivity contribution in [2.45, 2.75) is 39.7 Å². The molecule has 1 amide bonds. The molecule has 0 saturated heterocycles. The number of furan rings is 1. The van der Waals surface area contributed by atoms with Crippen LogP contribution in [0.1, 0.15) is 41.6 Å². The Morgan fingerprint density at radius 2 is 2.25 bits per heavy atom. The van der Waals surface area contributed by atoms with Crippen molar-refractivity contribution in [3.05, 3.63) is 23.2 Å². The van der Waals surface area contributed by atoms with Gasteiger partial charge >= 0.3 is 0 Å². The number of nitrogens with one attached hydrogen (secondary N) is 1. The molecule has 2 N–H and O–H groups in total. The largest absolute Gasteiger partial charge is 0.466 e. The molecular weight excluding hydrogens is 206 g/mol. The van der Waals surface area contributed by atoms with Crippen LogP contribution in [0.5, 0.6) is 0 Å². The molecule has 4 nitrogen and oxygen atoms in total. The van der Waals surface area contributed by atoms with Crippen molar-refractivity contribution in [2.24, 2.45) is 0 Å².